The summed E-state index contributed by atoms with van der Waals surface area (Å²) >= 11 is 0. The third-order valence-corrected chi connectivity index (χ3v) is 3.08. The van der Waals surface area contributed by atoms with E-state index in [1.165, 1.54) is 0 Å². The van der Waals surface area contributed by atoms with Crippen LogP contribution in [0, 0.1) is 0 Å². The number of fused-ring (bicyclic) bond motifs is 2. The number of nitrogens with one attached hydrogen (secondary N) is 1. The van der Waals surface area contributed by atoms with E-state index in [9.17, 15) is 4.79 Å². The molecule has 0 aliphatic carbocycles. The van der Waals surface area contributed by atoms with E-state index in [1.807, 2.05) is 0 Å². The largest absolute Gasteiger partial charge is 0.334 e. The number of carbonyl (C=O) groups excluding carboxylic acids is 1. The Morgan fingerprint density at radius 3 is 3.25 bits per heavy atom. The number of hydrogen-bond acceptors (Lipinski definition) is 3. The van der Waals surface area contributed by atoms with Crippen molar-refractivity contribution < 1.29 is 4.79 Å². The summed E-state index contributed by atoms with van der Waals surface area (Å²) < 4.78 is 0. The van der Waals surface area contributed by atoms with Gasteiger partial charge in [0.15, 0.2) is 0 Å². The van der Waals surface area contributed by atoms with Crippen LogP contribution in [-0.2, 0) is 4.79 Å². The lowest BCUT2D eigenvalue weighted by atomic mass is 10.1. The quantitative estimate of drug-likeness (QED) is 0.445. The number of rotatable bonds is 0. The first-order valence-corrected chi connectivity index (χ1v) is 4.61. The van der Waals surface area contributed by atoms with Crippen molar-refractivity contribution in [2.24, 2.45) is 0 Å². The lowest BCUT2D eigenvalue weighted by molar-refractivity contribution is -0.137. The van der Waals surface area contributed by atoms with Crippen LogP contribution in [0.3, 0.4) is 0 Å². The zero-order valence-corrected chi connectivity index (χ0v) is 6.99. The molecule has 3 saturated heterocycles. The summed E-state index contributed by atoms with van der Waals surface area (Å²) in [4.78, 5) is 16.0. The average molecular weight is 167 g/mol. The topological polar surface area (TPSA) is 35.4 Å². The van der Waals surface area contributed by atoms with E-state index < -0.39 is 0 Å². The van der Waals surface area contributed by atoms with Gasteiger partial charge in [0.05, 0.1) is 6.04 Å². The second kappa shape index (κ2) is 2.20. The van der Waals surface area contributed by atoms with Crippen LogP contribution in [0.5, 0.6) is 0 Å². The Bertz CT molecular complexity index is 230. The first-order chi connectivity index (χ1) is 5.86. The van der Waals surface area contributed by atoms with E-state index in [1.54, 1.807) is 0 Å². The zero-order valence-electron chi connectivity index (χ0n) is 6.99. The van der Waals surface area contributed by atoms with Crippen molar-refractivity contribution in [3.05, 3.63) is 0 Å². The molecule has 3 unspecified atom stereocenters. The predicted molar refractivity (Wildman–Crippen MR) is 43.7 cm³/mol. The summed E-state index contributed by atoms with van der Waals surface area (Å²) in [6.07, 6.45) is 0. The standard InChI is InChI=1S/C8H13N3O/c12-8-7-5-10(7)4-6-3-9-1-2-11(6)8/h6-7,9H,1-5H2. The molecule has 3 heterocycles. The van der Waals surface area contributed by atoms with Gasteiger partial charge in [0.2, 0.25) is 5.91 Å². The van der Waals surface area contributed by atoms with Crippen LogP contribution in [0.4, 0.5) is 0 Å². The number of hydrogen-bond donors (Lipinski definition) is 1. The molecule has 3 rings (SSSR count). The van der Waals surface area contributed by atoms with Gasteiger partial charge >= 0.3 is 0 Å². The van der Waals surface area contributed by atoms with Crippen LogP contribution in [0.1, 0.15) is 0 Å². The smallest absolute Gasteiger partial charge is 0.241 e. The molecule has 4 heteroatoms. The second-order valence-electron chi connectivity index (χ2n) is 3.86. The molecule has 1 N–H and O–H groups in total. The highest BCUT2D eigenvalue weighted by Gasteiger charge is 2.50. The second-order valence-corrected chi connectivity index (χ2v) is 3.86. The minimum atomic E-state index is 0.263. The van der Waals surface area contributed by atoms with Crippen molar-refractivity contribution in [2.75, 3.05) is 32.7 Å². The first kappa shape index (κ1) is 6.86. The summed E-state index contributed by atoms with van der Waals surface area (Å²) in [5.41, 5.74) is 0. The molecule has 3 atom stereocenters. The molecule has 0 aromatic carbocycles. The van der Waals surface area contributed by atoms with E-state index >= 15 is 0 Å². The number of amides is 1. The summed E-state index contributed by atoms with van der Waals surface area (Å²) in [5.74, 6) is 0.368. The van der Waals surface area contributed by atoms with Crippen molar-refractivity contribution >= 4 is 5.91 Å². The maximum absolute atomic E-state index is 11.7. The van der Waals surface area contributed by atoms with Crippen LogP contribution in [0.2, 0.25) is 0 Å². The fourth-order valence-corrected chi connectivity index (χ4v) is 2.29. The Morgan fingerprint density at radius 2 is 2.33 bits per heavy atom. The van der Waals surface area contributed by atoms with Gasteiger partial charge in [0.25, 0.3) is 0 Å². The Kier molecular flexibility index (Phi) is 1.26. The van der Waals surface area contributed by atoms with Crippen molar-refractivity contribution in [3.8, 4) is 0 Å². The molecule has 0 radical (unpaired) electrons. The van der Waals surface area contributed by atoms with Gasteiger partial charge in [-0.05, 0) is 0 Å². The lowest BCUT2D eigenvalue weighted by Gasteiger charge is -2.39. The van der Waals surface area contributed by atoms with Crippen LogP contribution < -0.4 is 5.32 Å². The van der Waals surface area contributed by atoms with Crippen LogP contribution in [-0.4, -0.2) is 60.5 Å². The van der Waals surface area contributed by atoms with Crippen molar-refractivity contribution in [2.45, 2.75) is 12.1 Å². The summed E-state index contributed by atoms with van der Waals surface area (Å²) in [6.45, 7) is 4.95. The van der Waals surface area contributed by atoms with Gasteiger partial charge in [0, 0.05) is 32.7 Å². The molecule has 3 aliphatic heterocycles. The first-order valence-electron chi connectivity index (χ1n) is 4.61. The van der Waals surface area contributed by atoms with E-state index in [0.29, 0.717) is 11.9 Å². The molecule has 66 valence electrons. The maximum atomic E-state index is 11.7. The Hall–Kier alpha value is -0.610. The minimum Gasteiger partial charge on any atom is -0.334 e. The molecule has 0 aromatic rings. The van der Waals surface area contributed by atoms with Gasteiger partial charge in [0.1, 0.15) is 6.04 Å². The minimum absolute atomic E-state index is 0.263. The molecule has 3 aliphatic rings. The highest BCUT2D eigenvalue weighted by molar-refractivity contribution is 5.86. The van der Waals surface area contributed by atoms with Crippen molar-refractivity contribution in [1.82, 2.24) is 15.1 Å². The van der Waals surface area contributed by atoms with Crippen molar-refractivity contribution in [1.29, 1.82) is 0 Å². The monoisotopic (exact) mass is 167 g/mol. The normalized spacial score (nSPS) is 45.2. The average Bonchev–Trinajstić information content (AvgIpc) is 2.84. The van der Waals surface area contributed by atoms with Crippen LogP contribution >= 0.6 is 0 Å². The summed E-state index contributed by atoms with van der Waals surface area (Å²) in [5, 5.41) is 3.32. The fraction of sp³-hybridized carbons (Fsp3) is 0.875. The molecule has 1 amide bonds. The molecule has 3 fully saturated rings. The highest BCUT2D eigenvalue weighted by Crippen LogP contribution is 2.27. The fourth-order valence-electron chi connectivity index (χ4n) is 2.29. The van der Waals surface area contributed by atoms with Gasteiger partial charge in [-0.2, -0.15) is 0 Å². The Balaban J connectivity index is 1.83. The molecule has 0 saturated carbocycles. The van der Waals surface area contributed by atoms with E-state index in [4.69, 9.17) is 0 Å². The predicted octanol–water partition coefficient (Wildman–Crippen LogP) is -1.52. The lowest BCUT2D eigenvalue weighted by Crippen LogP contribution is -2.60. The summed E-state index contributed by atoms with van der Waals surface area (Å²) in [6, 6.07) is 0.712. The molecule has 12 heavy (non-hydrogen) atoms. The van der Waals surface area contributed by atoms with Gasteiger partial charge in [-0.3, -0.25) is 9.69 Å². The molecule has 0 aromatic heterocycles. The maximum Gasteiger partial charge on any atom is 0.241 e. The molecular formula is C8H13N3O. The van der Waals surface area contributed by atoms with Gasteiger partial charge in [-0.1, -0.05) is 0 Å². The van der Waals surface area contributed by atoms with E-state index in [-0.39, 0.29) is 6.04 Å². The van der Waals surface area contributed by atoms with Gasteiger partial charge < -0.3 is 10.2 Å². The third-order valence-electron chi connectivity index (χ3n) is 3.08. The van der Waals surface area contributed by atoms with Gasteiger partial charge in [-0.15, -0.1) is 0 Å². The van der Waals surface area contributed by atoms with Crippen LogP contribution in [0.15, 0.2) is 0 Å². The number of piperazine rings is 2. The highest BCUT2D eigenvalue weighted by atomic mass is 16.2. The number of nitrogens with zero attached hydrogens (tertiary/aromatic N) is 2. The SMILES string of the molecule is O=C1C2CN2CC2CNCCN12. The molecule has 0 spiro atoms. The Labute approximate surface area is 71.5 Å². The van der Waals surface area contributed by atoms with E-state index in [2.05, 4.69) is 15.1 Å². The van der Waals surface area contributed by atoms with Gasteiger partial charge in [-0.25, -0.2) is 0 Å². The Morgan fingerprint density at radius 1 is 1.42 bits per heavy atom. The molecule has 4 nitrogen and oxygen atoms in total. The molecule has 0 bridgehead atoms. The third kappa shape index (κ3) is 0.820. The molecular weight excluding hydrogens is 154 g/mol. The van der Waals surface area contributed by atoms with E-state index in [0.717, 1.165) is 32.7 Å². The summed E-state index contributed by atoms with van der Waals surface area (Å²) in [7, 11) is 0. The van der Waals surface area contributed by atoms with Crippen molar-refractivity contribution in [3.63, 3.8) is 0 Å². The van der Waals surface area contributed by atoms with Crippen LogP contribution in [0.25, 0.3) is 0 Å². The number of carbonyl (C=O) groups is 1. The zero-order chi connectivity index (χ0) is 8.13.